The first-order valence-corrected chi connectivity index (χ1v) is 6.77. The Kier molecular flexibility index (Phi) is 4.98. The summed E-state index contributed by atoms with van der Waals surface area (Å²) < 4.78 is 5.57. The van der Waals surface area contributed by atoms with Crippen molar-refractivity contribution in [3.8, 4) is 0 Å². The summed E-state index contributed by atoms with van der Waals surface area (Å²) in [6, 6.07) is 10.1. The first-order chi connectivity index (χ1) is 9.35. The molecule has 2 aromatic heterocycles. The molecule has 0 saturated heterocycles. The van der Waals surface area contributed by atoms with Crippen molar-refractivity contribution in [1.29, 1.82) is 0 Å². The lowest BCUT2D eigenvalue weighted by Gasteiger charge is -2.28. The van der Waals surface area contributed by atoms with Gasteiger partial charge in [0.05, 0.1) is 12.3 Å². The minimum Gasteiger partial charge on any atom is -0.468 e. The van der Waals surface area contributed by atoms with E-state index < -0.39 is 0 Å². The van der Waals surface area contributed by atoms with Gasteiger partial charge in [-0.15, -0.1) is 0 Å². The van der Waals surface area contributed by atoms with Gasteiger partial charge in [0.15, 0.2) is 0 Å². The van der Waals surface area contributed by atoms with Crippen molar-refractivity contribution < 1.29 is 4.42 Å². The summed E-state index contributed by atoms with van der Waals surface area (Å²) in [5, 5.41) is 3.37. The molecular weight excluding hydrogens is 238 g/mol. The van der Waals surface area contributed by atoms with Crippen molar-refractivity contribution in [3.63, 3.8) is 0 Å². The molecule has 0 radical (unpaired) electrons. The second-order valence-corrected chi connectivity index (χ2v) is 4.35. The van der Waals surface area contributed by atoms with Gasteiger partial charge in [-0.1, -0.05) is 19.9 Å². The Labute approximate surface area is 114 Å². The minimum absolute atomic E-state index is 0.229. The van der Waals surface area contributed by atoms with E-state index >= 15 is 0 Å². The van der Waals surface area contributed by atoms with Crippen LogP contribution in [0.5, 0.6) is 0 Å². The van der Waals surface area contributed by atoms with Crippen molar-refractivity contribution in [3.05, 3.63) is 48.6 Å². The van der Waals surface area contributed by atoms with Gasteiger partial charge in [0.2, 0.25) is 0 Å². The number of anilines is 1. The van der Waals surface area contributed by atoms with Crippen molar-refractivity contribution in [1.82, 2.24) is 9.88 Å². The topological polar surface area (TPSA) is 41.3 Å². The number of rotatable bonds is 7. The van der Waals surface area contributed by atoms with E-state index in [1.165, 1.54) is 0 Å². The third-order valence-corrected chi connectivity index (χ3v) is 3.27. The fraction of sp³-hybridized carbons (Fsp3) is 0.400. The van der Waals surface area contributed by atoms with E-state index in [1.54, 1.807) is 12.5 Å². The Bertz CT molecular complexity index is 452. The number of nitrogens with one attached hydrogen (secondary N) is 1. The van der Waals surface area contributed by atoms with Gasteiger partial charge in [0.25, 0.3) is 0 Å². The summed E-state index contributed by atoms with van der Waals surface area (Å²) in [7, 11) is 0. The third kappa shape index (κ3) is 3.58. The number of furan rings is 1. The summed E-state index contributed by atoms with van der Waals surface area (Å²) in [4.78, 5) is 6.65. The molecule has 0 amide bonds. The zero-order valence-corrected chi connectivity index (χ0v) is 11.5. The number of pyridine rings is 1. The zero-order valence-electron chi connectivity index (χ0n) is 11.5. The molecule has 1 N–H and O–H groups in total. The van der Waals surface area contributed by atoms with Gasteiger partial charge in [0.1, 0.15) is 11.6 Å². The maximum absolute atomic E-state index is 5.57. The Morgan fingerprint density at radius 3 is 2.63 bits per heavy atom. The van der Waals surface area contributed by atoms with Crippen molar-refractivity contribution >= 4 is 5.82 Å². The lowest BCUT2D eigenvalue weighted by Crippen LogP contribution is -2.33. The highest BCUT2D eigenvalue weighted by atomic mass is 16.3. The standard InChI is InChI=1S/C15H21N3O/c1-3-18(4-2)13(14-8-7-11-19-14)12-17-15-9-5-6-10-16-15/h5-11,13H,3-4,12H2,1-2H3,(H,16,17). The predicted octanol–water partition coefficient (Wildman–Crippen LogP) is 3.17. The van der Waals surface area contributed by atoms with Crippen molar-refractivity contribution in [2.24, 2.45) is 0 Å². The van der Waals surface area contributed by atoms with E-state index in [-0.39, 0.29) is 6.04 Å². The molecule has 0 bridgehead atoms. The highest BCUT2D eigenvalue weighted by Crippen LogP contribution is 2.21. The molecule has 1 atom stereocenters. The first kappa shape index (κ1) is 13.6. The maximum Gasteiger partial charge on any atom is 0.125 e. The highest BCUT2D eigenvalue weighted by Gasteiger charge is 2.20. The Hall–Kier alpha value is -1.81. The van der Waals surface area contributed by atoms with Crippen LogP contribution in [0, 0.1) is 0 Å². The summed E-state index contributed by atoms with van der Waals surface area (Å²) >= 11 is 0. The molecular formula is C15H21N3O. The van der Waals surface area contributed by atoms with Gasteiger partial charge in [0, 0.05) is 12.7 Å². The van der Waals surface area contributed by atoms with E-state index in [0.29, 0.717) is 0 Å². The number of nitrogens with zero attached hydrogens (tertiary/aromatic N) is 2. The molecule has 4 heteroatoms. The van der Waals surface area contributed by atoms with Gasteiger partial charge in [-0.25, -0.2) is 4.98 Å². The van der Waals surface area contributed by atoms with Crippen LogP contribution in [0.25, 0.3) is 0 Å². The fourth-order valence-electron chi connectivity index (χ4n) is 2.22. The summed E-state index contributed by atoms with van der Waals surface area (Å²) in [6.45, 7) is 7.10. The molecule has 19 heavy (non-hydrogen) atoms. The lowest BCUT2D eigenvalue weighted by atomic mass is 10.2. The second-order valence-electron chi connectivity index (χ2n) is 4.35. The van der Waals surface area contributed by atoms with Gasteiger partial charge in [-0.2, -0.15) is 0 Å². The smallest absolute Gasteiger partial charge is 0.125 e. The monoisotopic (exact) mass is 259 g/mol. The molecule has 0 aliphatic rings. The maximum atomic E-state index is 5.57. The van der Waals surface area contributed by atoms with Crippen LogP contribution in [0.15, 0.2) is 47.2 Å². The molecule has 0 aliphatic carbocycles. The average Bonchev–Trinajstić information content (AvgIpc) is 2.98. The summed E-state index contributed by atoms with van der Waals surface area (Å²) in [5.74, 6) is 1.89. The van der Waals surface area contributed by atoms with Crippen LogP contribution in [0.2, 0.25) is 0 Å². The van der Waals surface area contributed by atoms with Gasteiger partial charge in [-0.05, 0) is 37.4 Å². The molecule has 0 fully saturated rings. The van der Waals surface area contributed by atoms with Crippen LogP contribution in [-0.4, -0.2) is 29.5 Å². The Morgan fingerprint density at radius 2 is 2.05 bits per heavy atom. The molecule has 2 heterocycles. The molecule has 0 aliphatic heterocycles. The van der Waals surface area contributed by atoms with E-state index in [2.05, 4.69) is 29.0 Å². The largest absolute Gasteiger partial charge is 0.468 e. The Balaban J connectivity index is 2.06. The molecule has 1 unspecified atom stereocenters. The molecule has 0 aromatic carbocycles. The SMILES string of the molecule is CCN(CC)C(CNc1ccccn1)c1ccco1. The number of aromatic nitrogens is 1. The van der Waals surface area contributed by atoms with Crippen LogP contribution in [0.1, 0.15) is 25.6 Å². The predicted molar refractivity (Wildman–Crippen MR) is 77.1 cm³/mol. The normalized spacial score (nSPS) is 12.6. The molecule has 4 nitrogen and oxygen atoms in total. The van der Waals surface area contributed by atoms with Crippen molar-refractivity contribution in [2.45, 2.75) is 19.9 Å². The molecule has 0 saturated carbocycles. The molecule has 2 rings (SSSR count). The van der Waals surface area contributed by atoms with Crippen LogP contribution in [-0.2, 0) is 0 Å². The van der Waals surface area contributed by atoms with Crippen LogP contribution in [0.4, 0.5) is 5.82 Å². The molecule has 0 spiro atoms. The third-order valence-electron chi connectivity index (χ3n) is 3.27. The number of likely N-dealkylation sites (N-methyl/N-ethyl adjacent to an activating group) is 1. The summed E-state index contributed by atoms with van der Waals surface area (Å²) in [5.41, 5.74) is 0. The van der Waals surface area contributed by atoms with Gasteiger partial charge >= 0.3 is 0 Å². The van der Waals surface area contributed by atoms with Crippen LogP contribution < -0.4 is 5.32 Å². The quantitative estimate of drug-likeness (QED) is 0.829. The van der Waals surface area contributed by atoms with E-state index in [9.17, 15) is 0 Å². The average molecular weight is 259 g/mol. The molecule has 2 aromatic rings. The number of hydrogen-bond acceptors (Lipinski definition) is 4. The summed E-state index contributed by atoms with van der Waals surface area (Å²) in [6.07, 6.45) is 3.52. The number of hydrogen-bond donors (Lipinski definition) is 1. The minimum atomic E-state index is 0.229. The van der Waals surface area contributed by atoms with Gasteiger partial charge < -0.3 is 9.73 Å². The highest BCUT2D eigenvalue weighted by molar-refractivity contribution is 5.33. The Morgan fingerprint density at radius 1 is 1.21 bits per heavy atom. The second kappa shape index (κ2) is 6.95. The van der Waals surface area contributed by atoms with Crippen molar-refractivity contribution in [2.75, 3.05) is 25.0 Å². The lowest BCUT2D eigenvalue weighted by molar-refractivity contribution is 0.202. The molecule has 102 valence electrons. The van der Waals surface area contributed by atoms with E-state index in [0.717, 1.165) is 31.2 Å². The van der Waals surface area contributed by atoms with Crippen LogP contribution >= 0.6 is 0 Å². The van der Waals surface area contributed by atoms with Crippen LogP contribution in [0.3, 0.4) is 0 Å². The zero-order chi connectivity index (χ0) is 13.5. The fourth-order valence-corrected chi connectivity index (χ4v) is 2.22. The van der Waals surface area contributed by atoms with Gasteiger partial charge in [-0.3, -0.25) is 4.90 Å². The van der Waals surface area contributed by atoms with E-state index in [4.69, 9.17) is 4.42 Å². The first-order valence-electron chi connectivity index (χ1n) is 6.77. The van der Waals surface area contributed by atoms with E-state index in [1.807, 2.05) is 30.3 Å².